The van der Waals surface area contributed by atoms with Gasteiger partial charge in [-0.15, -0.1) is 11.3 Å². The van der Waals surface area contributed by atoms with Crippen LogP contribution in [0.3, 0.4) is 0 Å². The van der Waals surface area contributed by atoms with Gasteiger partial charge in [-0.3, -0.25) is 0 Å². The van der Waals surface area contributed by atoms with E-state index in [-0.39, 0.29) is 6.03 Å². The molecule has 2 amide bonds. The second kappa shape index (κ2) is 6.10. The van der Waals surface area contributed by atoms with Crippen molar-refractivity contribution in [3.63, 3.8) is 0 Å². The first-order valence-electron chi connectivity index (χ1n) is 7.25. The van der Waals surface area contributed by atoms with E-state index in [0.717, 1.165) is 49.7 Å². The fraction of sp³-hybridized carbons (Fsp3) is 0.714. The summed E-state index contributed by atoms with van der Waals surface area (Å²) >= 11 is 1.62. The highest BCUT2D eigenvalue weighted by Gasteiger charge is 2.34. The maximum absolute atomic E-state index is 12.3. The van der Waals surface area contributed by atoms with Crippen LogP contribution in [0.5, 0.6) is 0 Å². The molecule has 3 rings (SSSR count). The van der Waals surface area contributed by atoms with Crippen LogP contribution in [0.1, 0.15) is 30.0 Å². The fourth-order valence-corrected chi connectivity index (χ4v) is 3.16. The fourth-order valence-electron chi connectivity index (χ4n) is 2.55. The number of aryl methyl sites for hydroxylation is 1. The van der Waals surface area contributed by atoms with Gasteiger partial charge in [-0.1, -0.05) is 0 Å². The second-order valence-electron chi connectivity index (χ2n) is 5.63. The molecule has 6 heteroatoms. The van der Waals surface area contributed by atoms with Crippen LogP contribution in [0.2, 0.25) is 0 Å². The van der Waals surface area contributed by atoms with E-state index < -0.39 is 0 Å². The van der Waals surface area contributed by atoms with E-state index in [2.05, 4.69) is 10.3 Å². The number of ether oxygens (including phenoxy) is 1. The van der Waals surface area contributed by atoms with Crippen LogP contribution in [-0.4, -0.2) is 41.7 Å². The molecule has 1 aromatic rings. The van der Waals surface area contributed by atoms with Crippen molar-refractivity contribution in [3.8, 4) is 0 Å². The molecule has 110 valence electrons. The highest BCUT2D eigenvalue weighted by Crippen LogP contribution is 2.29. The summed E-state index contributed by atoms with van der Waals surface area (Å²) in [7, 11) is 0. The Labute approximate surface area is 123 Å². The normalized spacial score (nSPS) is 21.9. The standard InChI is InChI=1S/C14H21N3O2S/c1-10-16-12(9-20-10)6-15-14(18)17(13-2-3-13)7-11-4-5-19-8-11/h9,11,13H,2-8H2,1H3,(H,15,18)/t11-/m0/s1. The molecule has 2 heterocycles. The summed E-state index contributed by atoms with van der Waals surface area (Å²) in [6.07, 6.45) is 3.34. The summed E-state index contributed by atoms with van der Waals surface area (Å²) in [4.78, 5) is 18.7. The number of nitrogens with zero attached hydrogens (tertiary/aromatic N) is 2. The average Bonchev–Trinajstić information content (AvgIpc) is 2.97. The molecule has 5 nitrogen and oxygen atoms in total. The third-order valence-corrected chi connectivity index (χ3v) is 4.64. The number of thiazole rings is 1. The van der Waals surface area contributed by atoms with Gasteiger partial charge in [-0.2, -0.15) is 0 Å². The Kier molecular flexibility index (Phi) is 4.21. The van der Waals surface area contributed by atoms with Gasteiger partial charge >= 0.3 is 6.03 Å². The Hall–Kier alpha value is -1.14. The Morgan fingerprint density at radius 1 is 1.55 bits per heavy atom. The number of carbonyl (C=O) groups is 1. The summed E-state index contributed by atoms with van der Waals surface area (Å²) in [5.74, 6) is 0.503. The van der Waals surface area contributed by atoms with Crippen molar-refractivity contribution in [3.05, 3.63) is 16.1 Å². The Balaban J connectivity index is 1.52. The van der Waals surface area contributed by atoms with E-state index in [1.807, 2.05) is 17.2 Å². The number of nitrogens with one attached hydrogen (secondary N) is 1. The molecule has 1 saturated carbocycles. The number of carbonyl (C=O) groups excluding carboxylic acids is 1. The maximum atomic E-state index is 12.3. The van der Waals surface area contributed by atoms with Crippen LogP contribution >= 0.6 is 11.3 Å². The quantitative estimate of drug-likeness (QED) is 0.905. The van der Waals surface area contributed by atoms with E-state index >= 15 is 0 Å². The molecule has 1 aliphatic carbocycles. The topological polar surface area (TPSA) is 54.5 Å². The van der Waals surface area contributed by atoms with Crippen LogP contribution < -0.4 is 5.32 Å². The van der Waals surface area contributed by atoms with Crippen molar-refractivity contribution in [1.82, 2.24) is 15.2 Å². The van der Waals surface area contributed by atoms with Gasteiger partial charge < -0.3 is 15.0 Å². The number of hydrogen-bond acceptors (Lipinski definition) is 4. The third-order valence-electron chi connectivity index (χ3n) is 3.81. The van der Waals surface area contributed by atoms with Crippen molar-refractivity contribution in [1.29, 1.82) is 0 Å². The van der Waals surface area contributed by atoms with E-state index in [0.29, 0.717) is 18.5 Å². The maximum Gasteiger partial charge on any atom is 0.317 e. The monoisotopic (exact) mass is 295 g/mol. The molecule has 0 spiro atoms. The highest BCUT2D eigenvalue weighted by atomic mass is 32.1. The van der Waals surface area contributed by atoms with Crippen LogP contribution in [0.15, 0.2) is 5.38 Å². The predicted molar refractivity (Wildman–Crippen MR) is 77.7 cm³/mol. The Morgan fingerprint density at radius 2 is 2.40 bits per heavy atom. The van der Waals surface area contributed by atoms with Crippen molar-refractivity contribution < 1.29 is 9.53 Å². The van der Waals surface area contributed by atoms with Gasteiger partial charge in [0.25, 0.3) is 0 Å². The van der Waals surface area contributed by atoms with Crippen molar-refractivity contribution >= 4 is 17.4 Å². The summed E-state index contributed by atoms with van der Waals surface area (Å²) in [6.45, 7) is 4.96. The molecule has 1 aliphatic heterocycles. The molecular weight excluding hydrogens is 274 g/mol. The molecule has 2 fully saturated rings. The zero-order valence-electron chi connectivity index (χ0n) is 11.8. The molecule has 1 aromatic heterocycles. The van der Waals surface area contributed by atoms with Gasteiger partial charge in [-0.25, -0.2) is 9.78 Å². The Bertz CT molecular complexity index is 467. The van der Waals surface area contributed by atoms with Gasteiger partial charge in [0.1, 0.15) is 0 Å². The SMILES string of the molecule is Cc1nc(CNC(=O)N(C[C@@H]2CCOC2)C2CC2)cs1. The van der Waals surface area contributed by atoms with E-state index in [4.69, 9.17) is 4.74 Å². The smallest absolute Gasteiger partial charge is 0.317 e. The van der Waals surface area contributed by atoms with E-state index in [9.17, 15) is 4.79 Å². The lowest BCUT2D eigenvalue weighted by Gasteiger charge is -2.25. The first kappa shape index (κ1) is 13.8. The lowest BCUT2D eigenvalue weighted by molar-refractivity contribution is 0.162. The number of amides is 2. The molecule has 1 saturated heterocycles. The van der Waals surface area contributed by atoms with Gasteiger partial charge in [0.05, 0.1) is 23.9 Å². The molecular formula is C14H21N3O2S. The molecule has 2 aliphatic rings. The Morgan fingerprint density at radius 3 is 3.00 bits per heavy atom. The van der Waals surface area contributed by atoms with Crippen LogP contribution in [-0.2, 0) is 11.3 Å². The van der Waals surface area contributed by atoms with E-state index in [1.54, 1.807) is 11.3 Å². The second-order valence-corrected chi connectivity index (χ2v) is 6.69. The molecule has 20 heavy (non-hydrogen) atoms. The molecule has 1 atom stereocenters. The van der Waals surface area contributed by atoms with Gasteiger partial charge in [0.2, 0.25) is 0 Å². The lowest BCUT2D eigenvalue weighted by Crippen LogP contribution is -2.43. The lowest BCUT2D eigenvalue weighted by atomic mass is 10.1. The third kappa shape index (κ3) is 3.49. The first-order valence-corrected chi connectivity index (χ1v) is 8.13. The summed E-state index contributed by atoms with van der Waals surface area (Å²) < 4.78 is 5.40. The highest BCUT2D eigenvalue weighted by molar-refractivity contribution is 7.09. The van der Waals surface area contributed by atoms with Crippen molar-refractivity contribution in [2.75, 3.05) is 19.8 Å². The molecule has 0 radical (unpaired) electrons. The van der Waals surface area contributed by atoms with Gasteiger partial charge in [0.15, 0.2) is 0 Å². The number of aromatic nitrogens is 1. The predicted octanol–water partition coefficient (Wildman–Crippen LogP) is 2.16. The van der Waals surface area contributed by atoms with Crippen molar-refractivity contribution in [2.24, 2.45) is 5.92 Å². The molecule has 0 unspecified atom stereocenters. The first-order chi connectivity index (χ1) is 9.72. The van der Waals surface area contributed by atoms with Gasteiger partial charge in [-0.05, 0) is 26.2 Å². The van der Waals surface area contributed by atoms with Crippen LogP contribution in [0, 0.1) is 12.8 Å². The molecule has 0 bridgehead atoms. The molecule has 0 aromatic carbocycles. The zero-order chi connectivity index (χ0) is 13.9. The van der Waals surface area contributed by atoms with Gasteiger partial charge in [0, 0.05) is 30.5 Å². The largest absolute Gasteiger partial charge is 0.381 e. The van der Waals surface area contributed by atoms with Crippen molar-refractivity contribution in [2.45, 2.75) is 38.8 Å². The van der Waals surface area contributed by atoms with Crippen LogP contribution in [0.25, 0.3) is 0 Å². The molecule has 1 N–H and O–H groups in total. The van der Waals surface area contributed by atoms with E-state index in [1.165, 1.54) is 0 Å². The minimum Gasteiger partial charge on any atom is -0.381 e. The average molecular weight is 295 g/mol. The summed E-state index contributed by atoms with van der Waals surface area (Å²) in [5, 5.41) is 6.04. The summed E-state index contributed by atoms with van der Waals surface area (Å²) in [6, 6.07) is 0.484. The number of rotatable bonds is 5. The van der Waals surface area contributed by atoms with Crippen LogP contribution in [0.4, 0.5) is 4.79 Å². The summed E-state index contributed by atoms with van der Waals surface area (Å²) in [5.41, 5.74) is 0.945. The zero-order valence-corrected chi connectivity index (χ0v) is 12.6. The minimum atomic E-state index is 0.0463. The minimum absolute atomic E-state index is 0.0463. The number of urea groups is 1. The number of hydrogen-bond donors (Lipinski definition) is 1.